The van der Waals surface area contributed by atoms with Crippen LogP contribution in [0.15, 0.2) is 36.5 Å². The highest BCUT2D eigenvalue weighted by molar-refractivity contribution is 5.66. The summed E-state index contributed by atoms with van der Waals surface area (Å²) in [6, 6.07) is 0. The summed E-state index contributed by atoms with van der Waals surface area (Å²) in [7, 11) is 0. The molecule has 0 aromatic heterocycles. The van der Waals surface area contributed by atoms with E-state index in [1.54, 1.807) is 0 Å². The Kier molecular flexibility index (Phi) is 16.7. The summed E-state index contributed by atoms with van der Waals surface area (Å²) in [5.74, 6) is -0.698. The van der Waals surface area contributed by atoms with Gasteiger partial charge in [0.25, 0.3) is 0 Å². The molecule has 0 atom stereocenters. The molecule has 0 saturated carbocycles. The molecule has 2 nitrogen and oxygen atoms in total. The van der Waals surface area contributed by atoms with Gasteiger partial charge in [-0.15, -0.1) is 0 Å². The first-order valence-electron chi connectivity index (χ1n) is 8.94. The first-order valence-corrected chi connectivity index (χ1v) is 8.94. The lowest BCUT2D eigenvalue weighted by Crippen LogP contribution is -1.92. The molecule has 0 aromatic carbocycles. The van der Waals surface area contributed by atoms with Crippen molar-refractivity contribution in [3.8, 4) is 0 Å². The predicted octanol–water partition coefficient (Wildman–Crippen LogP) is 6.44. The fourth-order valence-electron chi connectivity index (χ4n) is 2.15. The van der Waals surface area contributed by atoms with Crippen LogP contribution >= 0.6 is 0 Å². The Balaban J connectivity index is 3.26. The number of allylic oxidation sites excluding steroid dienone is 6. The largest absolute Gasteiger partial charge is 0.481 e. The van der Waals surface area contributed by atoms with Gasteiger partial charge in [-0.25, -0.2) is 0 Å². The zero-order valence-electron chi connectivity index (χ0n) is 14.3. The van der Waals surface area contributed by atoms with Crippen molar-refractivity contribution in [2.45, 2.75) is 84.0 Å². The molecule has 0 amide bonds. The van der Waals surface area contributed by atoms with Crippen LogP contribution in [0.2, 0.25) is 0 Å². The number of rotatable bonds is 15. The fourth-order valence-corrected chi connectivity index (χ4v) is 2.15. The van der Waals surface area contributed by atoms with Gasteiger partial charge in [0.1, 0.15) is 0 Å². The van der Waals surface area contributed by atoms with E-state index in [1.165, 1.54) is 38.5 Å². The molecule has 0 rings (SSSR count). The smallest absolute Gasteiger partial charge is 0.303 e. The molecule has 0 fully saturated rings. The predicted molar refractivity (Wildman–Crippen MR) is 96.1 cm³/mol. The summed E-state index contributed by atoms with van der Waals surface area (Å²) in [6.07, 6.45) is 26.3. The van der Waals surface area contributed by atoms with E-state index in [-0.39, 0.29) is 6.42 Å². The molecule has 0 saturated heterocycles. The lowest BCUT2D eigenvalue weighted by atomic mass is 10.1. The molecular formula is C20H34O2. The number of carbonyl (C=O) groups is 1. The maximum atomic E-state index is 10.3. The molecule has 126 valence electrons. The van der Waals surface area contributed by atoms with E-state index in [2.05, 4.69) is 43.4 Å². The molecule has 0 unspecified atom stereocenters. The van der Waals surface area contributed by atoms with Gasteiger partial charge < -0.3 is 5.11 Å². The average Bonchev–Trinajstić information content (AvgIpc) is 2.50. The summed E-state index contributed by atoms with van der Waals surface area (Å²) in [4.78, 5) is 10.3. The van der Waals surface area contributed by atoms with Gasteiger partial charge in [0.15, 0.2) is 0 Å². The van der Waals surface area contributed by atoms with Crippen LogP contribution in [0.5, 0.6) is 0 Å². The van der Waals surface area contributed by atoms with E-state index in [9.17, 15) is 4.79 Å². The minimum atomic E-state index is -0.698. The number of hydrogen-bond acceptors (Lipinski definition) is 1. The Bertz CT molecular complexity index is 327. The summed E-state index contributed by atoms with van der Waals surface area (Å²) in [5, 5.41) is 8.50. The molecule has 22 heavy (non-hydrogen) atoms. The Hall–Kier alpha value is -1.31. The quantitative estimate of drug-likeness (QED) is 0.279. The van der Waals surface area contributed by atoms with E-state index < -0.39 is 5.97 Å². The molecule has 0 aliphatic heterocycles. The highest BCUT2D eigenvalue weighted by Gasteiger charge is 1.93. The molecule has 2 heteroatoms. The molecule has 0 aromatic rings. The van der Waals surface area contributed by atoms with E-state index >= 15 is 0 Å². The standard InChI is InChI=1S/C20H34O2/c1-2-3-4-5-6-7-8-9-10-11-12-13-14-15-16-17-18-19-20(21)22/h6-7,9-10,15-16H,2-5,8,11-14,17-19H2,1H3,(H,21,22)/b7-6-,10-9-,16-15-. The van der Waals surface area contributed by atoms with Crippen molar-refractivity contribution in [3.63, 3.8) is 0 Å². The second kappa shape index (κ2) is 17.7. The maximum Gasteiger partial charge on any atom is 0.303 e. The van der Waals surface area contributed by atoms with Gasteiger partial charge in [0.2, 0.25) is 0 Å². The highest BCUT2D eigenvalue weighted by Crippen LogP contribution is 2.05. The van der Waals surface area contributed by atoms with Crippen molar-refractivity contribution in [2.24, 2.45) is 0 Å². The normalized spacial score (nSPS) is 12.0. The van der Waals surface area contributed by atoms with Crippen molar-refractivity contribution in [3.05, 3.63) is 36.5 Å². The second-order valence-electron chi connectivity index (χ2n) is 5.72. The van der Waals surface area contributed by atoms with Crippen molar-refractivity contribution < 1.29 is 9.90 Å². The van der Waals surface area contributed by atoms with Crippen LogP contribution in [-0.4, -0.2) is 11.1 Å². The fraction of sp³-hybridized carbons (Fsp3) is 0.650. The first-order chi connectivity index (χ1) is 10.8. The summed E-state index contributed by atoms with van der Waals surface area (Å²) in [6.45, 7) is 2.24. The summed E-state index contributed by atoms with van der Waals surface area (Å²) >= 11 is 0. The minimum absolute atomic E-state index is 0.280. The zero-order chi connectivity index (χ0) is 16.3. The zero-order valence-corrected chi connectivity index (χ0v) is 14.3. The van der Waals surface area contributed by atoms with E-state index in [0.29, 0.717) is 0 Å². The van der Waals surface area contributed by atoms with Crippen LogP contribution in [0.3, 0.4) is 0 Å². The van der Waals surface area contributed by atoms with Crippen LogP contribution in [0.4, 0.5) is 0 Å². The monoisotopic (exact) mass is 306 g/mol. The SMILES string of the molecule is CCCCC/C=C\C/C=C\CCCC/C=C\CCCC(=O)O. The van der Waals surface area contributed by atoms with Crippen LogP contribution in [0.1, 0.15) is 84.0 Å². The molecule has 0 heterocycles. The maximum absolute atomic E-state index is 10.3. The Morgan fingerprint density at radius 1 is 0.727 bits per heavy atom. The van der Waals surface area contributed by atoms with Gasteiger partial charge in [-0.1, -0.05) is 56.2 Å². The van der Waals surface area contributed by atoms with Gasteiger partial charge in [-0.3, -0.25) is 4.79 Å². The third kappa shape index (κ3) is 18.7. The number of carboxylic acid groups (broad SMARTS) is 1. The summed E-state index contributed by atoms with van der Waals surface area (Å²) in [5.41, 5.74) is 0. The molecule has 0 bridgehead atoms. The molecule has 1 N–H and O–H groups in total. The summed E-state index contributed by atoms with van der Waals surface area (Å²) < 4.78 is 0. The molecule has 0 spiro atoms. The van der Waals surface area contributed by atoms with Gasteiger partial charge >= 0.3 is 5.97 Å². The van der Waals surface area contributed by atoms with E-state index in [0.717, 1.165) is 32.1 Å². The lowest BCUT2D eigenvalue weighted by molar-refractivity contribution is -0.137. The third-order valence-electron chi connectivity index (χ3n) is 3.50. The van der Waals surface area contributed by atoms with Crippen LogP contribution < -0.4 is 0 Å². The van der Waals surface area contributed by atoms with Crippen molar-refractivity contribution in [1.29, 1.82) is 0 Å². The molecule has 0 radical (unpaired) electrons. The van der Waals surface area contributed by atoms with Gasteiger partial charge in [0, 0.05) is 6.42 Å². The molecular weight excluding hydrogens is 272 g/mol. The topological polar surface area (TPSA) is 37.3 Å². The number of hydrogen-bond donors (Lipinski definition) is 1. The highest BCUT2D eigenvalue weighted by atomic mass is 16.4. The average molecular weight is 306 g/mol. The van der Waals surface area contributed by atoms with Crippen molar-refractivity contribution in [1.82, 2.24) is 0 Å². The van der Waals surface area contributed by atoms with E-state index in [1.807, 2.05) is 0 Å². The van der Waals surface area contributed by atoms with Gasteiger partial charge in [0.05, 0.1) is 0 Å². The third-order valence-corrected chi connectivity index (χ3v) is 3.50. The van der Waals surface area contributed by atoms with Gasteiger partial charge in [-0.05, 0) is 57.8 Å². The Morgan fingerprint density at radius 3 is 1.68 bits per heavy atom. The van der Waals surface area contributed by atoms with Gasteiger partial charge in [-0.2, -0.15) is 0 Å². The number of aliphatic carboxylic acids is 1. The van der Waals surface area contributed by atoms with Crippen LogP contribution in [0, 0.1) is 0 Å². The van der Waals surface area contributed by atoms with Crippen LogP contribution in [-0.2, 0) is 4.79 Å². The van der Waals surface area contributed by atoms with Crippen molar-refractivity contribution in [2.75, 3.05) is 0 Å². The van der Waals surface area contributed by atoms with E-state index in [4.69, 9.17) is 5.11 Å². The minimum Gasteiger partial charge on any atom is -0.481 e. The Labute approximate surface area is 137 Å². The molecule has 0 aliphatic rings. The van der Waals surface area contributed by atoms with Crippen molar-refractivity contribution >= 4 is 5.97 Å². The first kappa shape index (κ1) is 20.7. The molecule has 0 aliphatic carbocycles. The lowest BCUT2D eigenvalue weighted by Gasteiger charge is -1.94. The number of unbranched alkanes of at least 4 members (excludes halogenated alkanes) is 7. The Morgan fingerprint density at radius 2 is 1.18 bits per heavy atom. The van der Waals surface area contributed by atoms with Crippen LogP contribution in [0.25, 0.3) is 0 Å². The second-order valence-corrected chi connectivity index (χ2v) is 5.72. The number of carboxylic acids is 1.